The Morgan fingerprint density at radius 3 is 2.50 bits per heavy atom. The zero-order valence-corrected chi connectivity index (χ0v) is 14.5. The van der Waals surface area contributed by atoms with Crippen molar-refractivity contribution in [1.82, 2.24) is 15.2 Å². The molecular formula is C18H18ClN5. The third kappa shape index (κ3) is 3.63. The van der Waals surface area contributed by atoms with Gasteiger partial charge >= 0.3 is 0 Å². The quantitative estimate of drug-likeness (QED) is 0.705. The van der Waals surface area contributed by atoms with Gasteiger partial charge in [0.1, 0.15) is 0 Å². The Labute approximate surface area is 146 Å². The number of hydrogen-bond donors (Lipinski definition) is 2. The number of nitrogens with zero attached hydrogens (tertiary/aromatic N) is 3. The number of aryl methyl sites for hydroxylation is 3. The standard InChI is InChI=1S/C18H18ClN5/c1-11-8-13(3)17(14(19)9-11)22-16-10-20-24-18(23-16)21-15-7-5-4-6-12(15)2/h4-10H,1-3H3,(H2,21,22,23,24). The number of benzene rings is 2. The molecule has 0 amide bonds. The van der Waals surface area contributed by atoms with Gasteiger partial charge in [-0.15, -0.1) is 5.10 Å². The minimum Gasteiger partial charge on any atom is -0.337 e. The van der Waals surface area contributed by atoms with E-state index in [2.05, 4.69) is 31.9 Å². The summed E-state index contributed by atoms with van der Waals surface area (Å²) in [5.41, 5.74) is 5.04. The lowest BCUT2D eigenvalue weighted by Gasteiger charge is -2.12. The van der Waals surface area contributed by atoms with Crippen LogP contribution in [0.25, 0.3) is 0 Å². The Hall–Kier alpha value is -2.66. The van der Waals surface area contributed by atoms with E-state index in [-0.39, 0.29) is 0 Å². The lowest BCUT2D eigenvalue weighted by molar-refractivity contribution is 0.981. The maximum Gasteiger partial charge on any atom is 0.249 e. The molecule has 0 aliphatic carbocycles. The first-order chi connectivity index (χ1) is 11.5. The molecule has 1 aromatic heterocycles. The third-order valence-electron chi connectivity index (χ3n) is 3.64. The Bertz CT molecular complexity index is 856. The van der Waals surface area contributed by atoms with E-state index in [1.165, 1.54) is 0 Å². The van der Waals surface area contributed by atoms with E-state index in [1.54, 1.807) is 6.20 Å². The van der Waals surface area contributed by atoms with Crippen molar-refractivity contribution < 1.29 is 0 Å². The van der Waals surface area contributed by atoms with Crippen molar-refractivity contribution >= 4 is 34.7 Å². The molecule has 0 bridgehead atoms. The molecule has 0 saturated carbocycles. The van der Waals surface area contributed by atoms with Gasteiger partial charge in [0.15, 0.2) is 5.82 Å². The van der Waals surface area contributed by atoms with Gasteiger partial charge in [0.05, 0.1) is 16.9 Å². The number of hydrogen-bond acceptors (Lipinski definition) is 5. The molecule has 0 unspecified atom stereocenters. The molecule has 3 aromatic rings. The molecule has 2 aromatic carbocycles. The monoisotopic (exact) mass is 339 g/mol. The highest BCUT2D eigenvalue weighted by Gasteiger charge is 2.08. The van der Waals surface area contributed by atoms with E-state index in [4.69, 9.17) is 11.6 Å². The van der Waals surface area contributed by atoms with Crippen molar-refractivity contribution in [2.75, 3.05) is 10.6 Å². The lowest BCUT2D eigenvalue weighted by Crippen LogP contribution is -2.04. The Morgan fingerprint density at radius 2 is 1.75 bits per heavy atom. The predicted molar refractivity (Wildman–Crippen MR) is 98.5 cm³/mol. The Kier molecular flexibility index (Phi) is 4.62. The lowest BCUT2D eigenvalue weighted by atomic mass is 10.1. The fourth-order valence-corrected chi connectivity index (χ4v) is 2.82. The molecule has 0 saturated heterocycles. The van der Waals surface area contributed by atoms with Crippen LogP contribution in [-0.4, -0.2) is 15.2 Å². The summed E-state index contributed by atoms with van der Waals surface area (Å²) in [7, 11) is 0. The van der Waals surface area contributed by atoms with E-state index in [0.717, 1.165) is 28.1 Å². The van der Waals surface area contributed by atoms with Crippen molar-refractivity contribution in [1.29, 1.82) is 0 Å². The number of halogens is 1. The maximum atomic E-state index is 6.33. The van der Waals surface area contributed by atoms with Gasteiger partial charge in [-0.05, 0) is 49.6 Å². The minimum absolute atomic E-state index is 0.426. The Morgan fingerprint density at radius 1 is 0.958 bits per heavy atom. The molecule has 24 heavy (non-hydrogen) atoms. The summed E-state index contributed by atoms with van der Waals surface area (Å²) in [5.74, 6) is 1.00. The minimum atomic E-state index is 0.426. The summed E-state index contributed by atoms with van der Waals surface area (Å²) in [4.78, 5) is 4.45. The molecule has 0 spiro atoms. The van der Waals surface area contributed by atoms with Crippen LogP contribution < -0.4 is 10.6 Å². The van der Waals surface area contributed by atoms with Crippen LogP contribution in [0.1, 0.15) is 16.7 Å². The second kappa shape index (κ2) is 6.84. The van der Waals surface area contributed by atoms with Gasteiger partial charge in [-0.1, -0.05) is 35.9 Å². The highest BCUT2D eigenvalue weighted by Crippen LogP contribution is 2.29. The van der Waals surface area contributed by atoms with Gasteiger partial charge in [-0.2, -0.15) is 10.1 Å². The van der Waals surface area contributed by atoms with Crippen LogP contribution in [0.2, 0.25) is 5.02 Å². The summed E-state index contributed by atoms with van der Waals surface area (Å²) in [6.07, 6.45) is 1.57. The van der Waals surface area contributed by atoms with Crippen LogP contribution >= 0.6 is 11.6 Å². The molecule has 0 radical (unpaired) electrons. The Balaban J connectivity index is 1.85. The van der Waals surface area contributed by atoms with E-state index >= 15 is 0 Å². The highest BCUT2D eigenvalue weighted by molar-refractivity contribution is 6.33. The molecule has 2 N–H and O–H groups in total. The van der Waals surface area contributed by atoms with Crippen LogP contribution in [0.15, 0.2) is 42.6 Å². The number of nitrogens with one attached hydrogen (secondary N) is 2. The molecule has 1 heterocycles. The van der Waals surface area contributed by atoms with Gasteiger partial charge in [-0.3, -0.25) is 0 Å². The van der Waals surface area contributed by atoms with Crippen LogP contribution in [0.3, 0.4) is 0 Å². The van der Waals surface area contributed by atoms with Gasteiger partial charge in [0, 0.05) is 5.69 Å². The van der Waals surface area contributed by atoms with Crippen LogP contribution in [0.5, 0.6) is 0 Å². The first-order valence-corrected chi connectivity index (χ1v) is 7.97. The third-order valence-corrected chi connectivity index (χ3v) is 3.93. The smallest absolute Gasteiger partial charge is 0.249 e. The molecule has 3 rings (SSSR count). The SMILES string of the molecule is Cc1cc(C)c(Nc2cnnc(Nc3ccccc3C)n2)c(Cl)c1. The van der Waals surface area contributed by atoms with Crippen LogP contribution in [0, 0.1) is 20.8 Å². The number of rotatable bonds is 4. The first-order valence-electron chi connectivity index (χ1n) is 7.59. The number of aromatic nitrogens is 3. The summed E-state index contributed by atoms with van der Waals surface area (Å²) in [6.45, 7) is 6.04. The molecule has 122 valence electrons. The summed E-state index contributed by atoms with van der Waals surface area (Å²) >= 11 is 6.33. The normalized spacial score (nSPS) is 10.5. The topological polar surface area (TPSA) is 62.7 Å². The van der Waals surface area contributed by atoms with Crippen LogP contribution in [-0.2, 0) is 0 Å². The van der Waals surface area contributed by atoms with Crippen molar-refractivity contribution in [2.45, 2.75) is 20.8 Å². The van der Waals surface area contributed by atoms with Gasteiger partial charge < -0.3 is 10.6 Å². The second-order valence-electron chi connectivity index (χ2n) is 5.67. The number of para-hydroxylation sites is 1. The van der Waals surface area contributed by atoms with Gasteiger partial charge in [0.25, 0.3) is 0 Å². The molecule has 0 fully saturated rings. The van der Waals surface area contributed by atoms with Crippen LogP contribution in [0.4, 0.5) is 23.1 Å². The summed E-state index contributed by atoms with van der Waals surface area (Å²) in [5, 5.41) is 15.1. The molecule has 0 aliphatic heterocycles. The van der Waals surface area contributed by atoms with E-state index in [0.29, 0.717) is 16.8 Å². The van der Waals surface area contributed by atoms with Crippen molar-refractivity contribution in [2.24, 2.45) is 0 Å². The van der Waals surface area contributed by atoms with E-state index < -0.39 is 0 Å². The predicted octanol–water partition coefficient (Wildman–Crippen LogP) is 4.94. The molecule has 0 atom stereocenters. The summed E-state index contributed by atoms with van der Waals surface area (Å²) < 4.78 is 0. The van der Waals surface area contributed by atoms with Crippen molar-refractivity contribution in [3.05, 3.63) is 64.3 Å². The van der Waals surface area contributed by atoms with Crippen molar-refractivity contribution in [3.8, 4) is 0 Å². The fourth-order valence-electron chi connectivity index (χ4n) is 2.45. The largest absolute Gasteiger partial charge is 0.337 e. The second-order valence-corrected chi connectivity index (χ2v) is 6.08. The first kappa shape index (κ1) is 16.2. The maximum absolute atomic E-state index is 6.33. The number of anilines is 4. The fraction of sp³-hybridized carbons (Fsp3) is 0.167. The van der Waals surface area contributed by atoms with E-state index in [1.807, 2.05) is 51.1 Å². The molecule has 0 aliphatic rings. The van der Waals surface area contributed by atoms with E-state index in [9.17, 15) is 0 Å². The zero-order chi connectivity index (χ0) is 17.1. The van der Waals surface area contributed by atoms with Gasteiger partial charge in [0.2, 0.25) is 5.95 Å². The molecule has 6 heteroatoms. The van der Waals surface area contributed by atoms with Gasteiger partial charge in [-0.25, -0.2) is 0 Å². The average molecular weight is 340 g/mol. The summed E-state index contributed by atoms with van der Waals surface area (Å²) in [6, 6.07) is 11.9. The zero-order valence-electron chi connectivity index (χ0n) is 13.8. The highest BCUT2D eigenvalue weighted by atomic mass is 35.5. The molecule has 5 nitrogen and oxygen atoms in total. The van der Waals surface area contributed by atoms with Crippen molar-refractivity contribution in [3.63, 3.8) is 0 Å². The average Bonchev–Trinajstić information content (AvgIpc) is 2.53. The molecular weight excluding hydrogens is 322 g/mol.